The number of halogens is 3. The molecule has 0 aromatic heterocycles. The average Bonchev–Trinajstić information content (AvgIpc) is 2.55. The molecule has 5 amide bonds. The highest BCUT2D eigenvalue weighted by atomic mass is 19.4. The highest BCUT2D eigenvalue weighted by Gasteiger charge is 2.48. The molecular weight excluding hydrogens is 355 g/mol. The highest BCUT2D eigenvalue weighted by Crippen LogP contribution is 2.30. The summed E-state index contributed by atoms with van der Waals surface area (Å²) in [5.74, 6) is -4.70. The molecule has 0 unspecified atom stereocenters. The van der Waals surface area contributed by atoms with E-state index in [-0.39, 0.29) is 18.8 Å². The zero-order valence-corrected chi connectivity index (χ0v) is 14.0. The number of nitrogens with one attached hydrogen (secondary N) is 1. The third-order valence-electron chi connectivity index (χ3n) is 3.86. The Morgan fingerprint density at radius 2 is 1.46 bits per heavy atom. The van der Waals surface area contributed by atoms with E-state index in [0.717, 1.165) is 34.1 Å². The van der Waals surface area contributed by atoms with Crippen LogP contribution in [0.2, 0.25) is 0 Å². The van der Waals surface area contributed by atoms with Gasteiger partial charge in [0.1, 0.15) is 0 Å². The number of amides is 5. The van der Waals surface area contributed by atoms with Gasteiger partial charge in [-0.2, -0.15) is 13.2 Å². The van der Waals surface area contributed by atoms with Gasteiger partial charge in [-0.15, -0.1) is 0 Å². The standard InChI is InChI=1S/C16H16F3N3O4/c1-3-21-13(24)11(14(25)22(4-2)15(21)26)12(23)20-10-7-5-9(6-8-10)16(17,18)19/h5-8,11H,3-4H2,1-2H3,(H,20,23). The van der Waals surface area contributed by atoms with E-state index >= 15 is 0 Å². The summed E-state index contributed by atoms with van der Waals surface area (Å²) in [6.07, 6.45) is -4.53. The van der Waals surface area contributed by atoms with Gasteiger partial charge in [0.2, 0.25) is 5.91 Å². The highest BCUT2D eigenvalue weighted by molar-refractivity contribution is 6.28. The van der Waals surface area contributed by atoms with Crippen LogP contribution in [0.4, 0.5) is 23.7 Å². The molecule has 0 aliphatic carbocycles. The molecule has 1 aliphatic heterocycles. The molecule has 26 heavy (non-hydrogen) atoms. The number of benzene rings is 1. The number of alkyl halides is 3. The lowest BCUT2D eigenvalue weighted by molar-refractivity contribution is -0.152. The molecule has 140 valence electrons. The molecule has 0 bridgehead atoms. The summed E-state index contributed by atoms with van der Waals surface area (Å²) in [6.45, 7) is 2.99. The first kappa shape index (κ1) is 19.4. The van der Waals surface area contributed by atoms with Crippen molar-refractivity contribution in [2.24, 2.45) is 5.92 Å². The molecule has 1 N–H and O–H groups in total. The van der Waals surface area contributed by atoms with Crippen LogP contribution in [0, 0.1) is 5.92 Å². The van der Waals surface area contributed by atoms with Gasteiger partial charge in [0, 0.05) is 18.8 Å². The molecule has 1 saturated heterocycles. The first-order valence-corrected chi connectivity index (χ1v) is 7.76. The number of barbiturate groups is 1. The van der Waals surface area contributed by atoms with Crippen LogP contribution in [0.5, 0.6) is 0 Å². The lowest BCUT2D eigenvalue weighted by Gasteiger charge is -2.35. The third-order valence-corrected chi connectivity index (χ3v) is 3.86. The summed E-state index contributed by atoms with van der Waals surface area (Å²) in [4.78, 5) is 50.6. The molecule has 1 aliphatic rings. The van der Waals surface area contributed by atoms with Crippen LogP contribution in [-0.2, 0) is 20.6 Å². The number of hydrogen-bond donors (Lipinski definition) is 1. The number of carbonyl (C=O) groups is 4. The molecule has 1 aromatic rings. The van der Waals surface area contributed by atoms with Crippen molar-refractivity contribution in [3.63, 3.8) is 0 Å². The van der Waals surface area contributed by atoms with Crippen molar-refractivity contribution >= 4 is 29.4 Å². The second-order valence-electron chi connectivity index (χ2n) is 5.44. The minimum atomic E-state index is -4.53. The summed E-state index contributed by atoms with van der Waals surface area (Å²) >= 11 is 0. The topological polar surface area (TPSA) is 86.8 Å². The molecule has 0 atom stereocenters. The maximum atomic E-state index is 12.6. The number of rotatable bonds is 4. The fraction of sp³-hybridized carbons (Fsp3) is 0.375. The Balaban J connectivity index is 2.23. The van der Waals surface area contributed by atoms with Gasteiger partial charge in [0.15, 0.2) is 5.92 Å². The van der Waals surface area contributed by atoms with E-state index in [9.17, 15) is 32.3 Å². The van der Waals surface area contributed by atoms with Crippen molar-refractivity contribution < 1.29 is 32.3 Å². The van der Waals surface area contributed by atoms with E-state index in [1.807, 2.05) is 0 Å². The Morgan fingerprint density at radius 3 is 1.85 bits per heavy atom. The summed E-state index contributed by atoms with van der Waals surface area (Å²) in [7, 11) is 0. The van der Waals surface area contributed by atoms with Crippen LogP contribution in [0.1, 0.15) is 19.4 Å². The summed E-state index contributed by atoms with van der Waals surface area (Å²) < 4.78 is 37.7. The van der Waals surface area contributed by atoms with Gasteiger partial charge in [0.05, 0.1) is 5.56 Å². The lowest BCUT2D eigenvalue weighted by Crippen LogP contribution is -2.62. The van der Waals surface area contributed by atoms with Gasteiger partial charge in [-0.05, 0) is 38.1 Å². The second kappa shape index (κ2) is 7.14. The molecule has 1 aromatic carbocycles. The number of nitrogens with zero attached hydrogens (tertiary/aromatic N) is 2. The fourth-order valence-electron chi connectivity index (χ4n) is 2.52. The van der Waals surface area contributed by atoms with Gasteiger partial charge < -0.3 is 5.32 Å². The third kappa shape index (κ3) is 3.53. The summed E-state index contributed by atoms with van der Waals surface area (Å²) in [5, 5.41) is 2.24. The fourth-order valence-corrected chi connectivity index (χ4v) is 2.52. The number of urea groups is 1. The minimum absolute atomic E-state index is 0.00778. The van der Waals surface area contributed by atoms with Crippen molar-refractivity contribution in [2.45, 2.75) is 20.0 Å². The molecule has 10 heteroatoms. The van der Waals surface area contributed by atoms with E-state index in [4.69, 9.17) is 0 Å². The Hall–Kier alpha value is -2.91. The van der Waals surface area contributed by atoms with Crippen molar-refractivity contribution in [3.8, 4) is 0 Å². The smallest absolute Gasteiger partial charge is 0.325 e. The number of imide groups is 2. The Bertz CT molecular complexity index is 720. The molecule has 7 nitrogen and oxygen atoms in total. The number of carbonyl (C=O) groups excluding carboxylic acids is 4. The molecule has 0 spiro atoms. The Labute approximate surface area is 146 Å². The van der Waals surface area contributed by atoms with Gasteiger partial charge in [-0.25, -0.2) is 4.79 Å². The predicted octanol–water partition coefficient (Wildman–Crippen LogP) is 2.09. The van der Waals surface area contributed by atoms with Gasteiger partial charge >= 0.3 is 12.2 Å². The molecule has 0 saturated carbocycles. The average molecular weight is 371 g/mol. The maximum absolute atomic E-state index is 12.6. The van der Waals surface area contributed by atoms with Gasteiger partial charge in [-0.3, -0.25) is 24.2 Å². The van der Waals surface area contributed by atoms with Crippen LogP contribution in [0.25, 0.3) is 0 Å². The lowest BCUT2D eigenvalue weighted by atomic mass is 10.0. The maximum Gasteiger partial charge on any atom is 0.416 e. The first-order chi connectivity index (χ1) is 12.1. The van der Waals surface area contributed by atoms with Crippen molar-refractivity contribution in [3.05, 3.63) is 29.8 Å². The largest absolute Gasteiger partial charge is 0.416 e. The molecule has 1 fully saturated rings. The quantitative estimate of drug-likeness (QED) is 0.821. The summed E-state index contributed by atoms with van der Waals surface area (Å²) in [6, 6.07) is 2.75. The monoisotopic (exact) mass is 371 g/mol. The Kier molecular flexibility index (Phi) is 5.33. The van der Waals surface area contributed by atoms with E-state index in [0.29, 0.717) is 0 Å². The van der Waals surface area contributed by atoms with Crippen molar-refractivity contribution in [1.82, 2.24) is 9.80 Å². The van der Waals surface area contributed by atoms with Crippen LogP contribution in [0.15, 0.2) is 24.3 Å². The second-order valence-corrected chi connectivity index (χ2v) is 5.44. The van der Waals surface area contributed by atoms with E-state index in [1.165, 1.54) is 13.8 Å². The number of anilines is 1. The Morgan fingerprint density at radius 1 is 1.00 bits per heavy atom. The van der Waals surface area contributed by atoms with E-state index in [2.05, 4.69) is 5.32 Å². The van der Waals surface area contributed by atoms with Crippen LogP contribution >= 0.6 is 0 Å². The molecule has 2 rings (SSSR count). The zero-order valence-electron chi connectivity index (χ0n) is 14.0. The first-order valence-electron chi connectivity index (χ1n) is 7.76. The van der Waals surface area contributed by atoms with Crippen LogP contribution < -0.4 is 5.32 Å². The predicted molar refractivity (Wildman–Crippen MR) is 83.7 cm³/mol. The van der Waals surface area contributed by atoms with Gasteiger partial charge in [0.25, 0.3) is 11.8 Å². The zero-order chi connectivity index (χ0) is 19.6. The molecule has 1 heterocycles. The minimum Gasteiger partial charge on any atom is -0.325 e. The number of hydrogen-bond acceptors (Lipinski definition) is 4. The van der Waals surface area contributed by atoms with Crippen molar-refractivity contribution in [2.75, 3.05) is 18.4 Å². The SMILES string of the molecule is CCN1C(=O)C(C(=O)Nc2ccc(C(F)(F)F)cc2)C(=O)N(CC)C1=O. The normalized spacial score (nSPS) is 16.3. The van der Waals surface area contributed by atoms with Gasteiger partial charge in [-0.1, -0.05) is 0 Å². The van der Waals surface area contributed by atoms with E-state index in [1.54, 1.807) is 0 Å². The van der Waals surface area contributed by atoms with Crippen molar-refractivity contribution in [1.29, 1.82) is 0 Å². The van der Waals surface area contributed by atoms with E-state index < -0.39 is 41.4 Å². The molecule has 0 radical (unpaired) electrons. The summed E-state index contributed by atoms with van der Waals surface area (Å²) in [5.41, 5.74) is -0.910. The van der Waals surface area contributed by atoms with Crippen LogP contribution in [-0.4, -0.2) is 46.6 Å². The molecular formula is C16H16F3N3O4. The van der Waals surface area contributed by atoms with Crippen LogP contribution in [0.3, 0.4) is 0 Å².